The number of carbonyl (C=O) groups excluding carboxylic acids is 1. The van der Waals surface area contributed by atoms with Gasteiger partial charge in [0, 0.05) is 44.4 Å². The van der Waals surface area contributed by atoms with Gasteiger partial charge < -0.3 is 14.4 Å². The summed E-state index contributed by atoms with van der Waals surface area (Å²) in [7, 11) is 0. The Morgan fingerprint density at radius 1 is 1.25 bits per heavy atom. The number of hydrogen-bond acceptors (Lipinski definition) is 4. The third-order valence-electron chi connectivity index (χ3n) is 5.57. The fourth-order valence-corrected chi connectivity index (χ4v) is 4.17. The first-order valence-electron chi connectivity index (χ1n) is 9.02. The Balaban J connectivity index is 1.55. The van der Waals surface area contributed by atoms with Crippen LogP contribution in [0, 0.1) is 0 Å². The third-order valence-corrected chi connectivity index (χ3v) is 5.57. The topological polar surface area (TPSA) is 42.0 Å². The number of hydrogen-bond donors (Lipinski definition) is 0. The molecule has 2 fully saturated rings. The largest absolute Gasteiger partial charge is 0.379 e. The summed E-state index contributed by atoms with van der Waals surface area (Å²) < 4.78 is 11.2. The molecule has 0 spiro atoms. The lowest BCUT2D eigenvalue weighted by Gasteiger charge is -2.30. The summed E-state index contributed by atoms with van der Waals surface area (Å²) in [5, 5.41) is 0. The molecule has 130 valence electrons. The van der Waals surface area contributed by atoms with Crippen LogP contribution in [0.5, 0.6) is 0 Å². The van der Waals surface area contributed by atoms with Gasteiger partial charge in [-0.2, -0.15) is 0 Å². The second-order valence-corrected chi connectivity index (χ2v) is 7.27. The molecule has 0 unspecified atom stereocenters. The molecule has 1 aromatic carbocycles. The second kappa shape index (κ2) is 6.47. The minimum atomic E-state index is -0.652. The maximum Gasteiger partial charge on any atom is 0.258 e. The average Bonchev–Trinajstić information content (AvgIpc) is 3.21. The standard InChI is InChI=1S/C19H26N2O3/c1-19(7-4-10-24-19)18(22)21-14-15(13-20-8-11-23-12-9-20)16-5-2-3-6-17(16)21/h2-3,5-6,15H,4,7-14H2,1H3/t15-,19-/m1/s1. The predicted molar refractivity (Wildman–Crippen MR) is 92.4 cm³/mol. The van der Waals surface area contributed by atoms with Crippen LogP contribution in [-0.4, -0.2) is 62.4 Å². The molecule has 0 bridgehead atoms. The molecule has 24 heavy (non-hydrogen) atoms. The Labute approximate surface area is 143 Å². The van der Waals surface area contributed by atoms with E-state index >= 15 is 0 Å². The number of anilines is 1. The van der Waals surface area contributed by atoms with Gasteiger partial charge in [0.05, 0.1) is 13.2 Å². The van der Waals surface area contributed by atoms with E-state index in [9.17, 15) is 4.79 Å². The predicted octanol–water partition coefficient (Wildman–Crippen LogP) is 2.02. The smallest absolute Gasteiger partial charge is 0.258 e. The van der Waals surface area contributed by atoms with Crippen LogP contribution >= 0.6 is 0 Å². The maximum atomic E-state index is 13.1. The first kappa shape index (κ1) is 16.1. The average molecular weight is 330 g/mol. The van der Waals surface area contributed by atoms with Gasteiger partial charge in [0.1, 0.15) is 5.60 Å². The highest BCUT2D eigenvalue weighted by Crippen LogP contribution is 2.39. The van der Waals surface area contributed by atoms with E-state index in [1.165, 1.54) is 5.56 Å². The zero-order valence-electron chi connectivity index (χ0n) is 14.4. The van der Waals surface area contributed by atoms with Crippen molar-refractivity contribution in [3.8, 4) is 0 Å². The van der Waals surface area contributed by atoms with E-state index in [1.807, 2.05) is 17.9 Å². The number of fused-ring (bicyclic) bond motifs is 1. The number of ether oxygens (including phenoxy) is 2. The fourth-order valence-electron chi connectivity index (χ4n) is 4.17. The number of carbonyl (C=O) groups is 1. The highest BCUT2D eigenvalue weighted by molar-refractivity contribution is 6.01. The van der Waals surface area contributed by atoms with Crippen molar-refractivity contribution in [2.75, 3.05) is 50.9 Å². The SMILES string of the molecule is C[C@]1(C(=O)N2C[C@@H](CN3CCOCC3)c3ccccc32)CCCO1. The molecule has 5 nitrogen and oxygen atoms in total. The number of rotatable bonds is 3. The van der Waals surface area contributed by atoms with Gasteiger partial charge in [-0.05, 0) is 31.4 Å². The molecule has 1 aromatic rings. The molecular formula is C19H26N2O3. The van der Waals surface area contributed by atoms with Crippen LogP contribution < -0.4 is 4.90 Å². The number of nitrogens with zero attached hydrogens (tertiary/aromatic N) is 2. The first-order valence-corrected chi connectivity index (χ1v) is 9.02. The van der Waals surface area contributed by atoms with E-state index in [0.29, 0.717) is 12.5 Å². The van der Waals surface area contributed by atoms with Crippen molar-refractivity contribution in [2.45, 2.75) is 31.3 Å². The highest BCUT2D eigenvalue weighted by Gasteiger charge is 2.44. The summed E-state index contributed by atoms with van der Waals surface area (Å²) in [5.74, 6) is 0.491. The van der Waals surface area contributed by atoms with Crippen molar-refractivity contribution in [3.05, 3.63) is 29.8 Å². The van der Waals surface area contributed by atoms with Crippen molar-refractivity contribution < 1.29 is 14.3 Å². The zero-order valence-corrected chi connectivity index (χ0v) is 14.4. The van der Waals surface area contributed by atoms with Gasteiger partial charge in [-0.1, -0.05) is 18.2 Å². The second-order valence-electron chi connectivity index (χ2n) is 7.27. The normalized spacial score (nSPS) is 30.5. The van der Waals surface area contributed by atoms with Gasteiger partial charge in [-0.15, -0.1) is 0 Å². The molecule has 0 aromatic heterocycles. The molecule has 2 saturated heterocycles. The van der Waals surface area contributed by atoms with Gasteiger partial charge in [-0.25, -0.2) is 0 Å². The first-order chi connectivity index (χ1) is 11.7. The summed E-state index contributed by atoms with van der Waals surface area (Å²) in [5.41, 5.74) is 1.71. The monoisotopic (exact) mass is 330 g/mol. The van der Waals surface area contributed by atoms with Crippen molar-refractivity contribution in [1.29, 1.82) is 0 Å². The molecule has 1 amide bonds. The summed E-state index contributed by atoms with van der Waals surface area (Å²) in [6.45, 7) is 7.96. The van der Waals surface area contributed by atoms with Gasteiger partial charge in [0.15, 0.2) is 0 Å². The van der Waals surface area contributed by atoms with Crippen LogP contribution in [0.1, 0.15) is 31.2 Å². The molecule has 0 aliphatic carbocycles. The van der Waals surface area contributed by atoms with E-state index in [-0.39, 0.29) is 5.91 Å². The lowest BCUT2D eigenvalue weighted by molar-refractivity contribution is -0.136. The molecule has 0 N–H and O–H groups in total. The lowest BCUT2D eigenvalue weighted by atomic mass is 10.0. The number of benzene rings is 1. The van der Waals surface area contributed by atoms with Crippen LogP contribution in [0.3, 0.4) is 0 Å². The van der Waals surface area contributed by atoms with Gasteiger partial charge >= 0.3 is 0 Å². The molecule has 2 atom stereocenters. The van der Waals surface area contributed by atoms with Crippen molar-refractivity contribution in [3.63, 3.8) is 0 Å². The van der Waals surface area contributed by atoms with Crippen molar-refractivity contribution in [2.24, 2.45) is 0 Å². The highest BCUT2D eigenvalue weighted by atomic mass is 16.5. The Morgan fingerprint density at radius 2 is 2.04 bits per heavy atom. The molecule has 3 aliphatic rings. The maximum absolute atomic E-state index is 13.1. The van der Waals surface area contributed by atoms with Crippen LogP contribution in [-0.2, 0) is 14.3 Å². The Kier molecular flexibility index (Phi) is 4.33. The van der Waals surface area contributed by atoms with E-state index in [4.69, 9.17) is 9.47 Å². The Bertz CT molecular complexity index is 606. The molecule has 0 saturated carbocycles. The molecular weight excluding hydrogens is 304 g/mol. The van der Waals surface area contributed by atoms with Gasteiger partial charge in [-0.3, -0.25) is 9.69 Å². The number of amides is 1. The minimum Gasteiger partial charge on any atom is -0.379 e. The zero-order chi connectivity index (χ0) is 16.6. The fraction of sp³-hybridized carbons (Fsp3) is 0.632. The third kappa shape index (κ3) is 2.85. The molecule has 4 rings (SSSR count). The van der Waals surface area contributed by atoms with Crippen molar-refractivity contribution in [1.82, 2.24) is 4.90 Å². The van der Waals surface area contributed by atoms with Crippen LogP contribution in [0.4, 0.5) is 5.69 Å². The summed E-state index contributed by atoms with van der Waals surface area (Å²) in [4.78, 5) is 17.6. The number of morpholine rings is 1. The van der Waals surface area contributed by atoms with Crippen molar-refractivity contribution >= 4 is 11.6 Å². The van der Waals surface area contributed by atoms with Crippen LogP contribution in [0.25, 0.3) is 0 Å². The van der Waals surface area contributed by atoms with E-state index in [1.54, 1.807) is 0 Å². The lowest BCUT2D eigenvalue weighted by Crippen LogP contribution is -2.47. The summed E-state index contributed by atoms with van der Waals surface area (Å²) >= 11 is 0. The minimum absolute atomic E-state index is 0.122. The van der Waals surface area contributed by atoms with E-state index < -0.39 is 5.60 Å². The summed E-state index contributed by atoms with van der Waals surface area (Å²) in [6.07, 6.45) is 1.79. The van der Waals surface area contributed by atoms with Crippen LogP contribution in [0.2, 0.25) is 0 Å². The molecule has 5 heteroatoms. The molecule has 0 radical (unpaired) electrons. The summed E-state index contributed by atoms with van der Waals surface area (Å²) in [6, 6.07) is 8.34. The number of para-hydroxylation sites is 1. The Morgan fingerprint density at radius 3 is 2.79 bits per heavy atom. The van der Waals surface area contributed by atoms with Gasteiger partial charge in [0.2, 0.25) is 0 Å². The quantitative estimate of drug-likeness (QED) is 0.850. The van der Waals surface area contributed by atoms with E-state index in [0.717, 1.165) is 57.9 Å². The van der Waals surface area contributed by atoms with E-state index in [2.05, 4.69) is 23.1 Å². The molecule has 3 aliphatic heterocycles. The van der Waals surface area contributed by atoms with Crippen LogP contribution in [0.15, 0.2) is 24.3 Å². The Hall–Kier alpha value is -1.43. The molecule has 3 heterocycles. The van der Waals surface area contributed by atoms with Gasteiger partial charge in [0.25, 0.3) is 5.91 Å².